The van der Waals surface area contributed by atoms with Crippen molar-refractivity contribution in [3.05, 3.63) is 76.0 Å². The Labute approximate surface area is 161 Å². The first-order valence-corrected chi connectivity index (χ1v) is 9.08. The van der Waals surface area contributed by atoms with E-state index in [0.717, 1.165) is 22.1 Å². The molecule has 0 aliphatic rings. The molecule has 0 saturated heterocycles. The maximum absolute atomic E-state index is 12.0. The normalized spacial score (nSPS) is 11.3. The van der Waals surface area contributed by atoms with Crippen LogP contribution in [0.25, 0.3) is 22.4 Å². The minimum Gasteiger partial charge on any atom is -0.489 e. The summed E-state index contributed by atoms with van der Waals surface area (Å²) in [5.74, 6) is 1.51. The molecule has 0 aliphatic heterocycles. The minimum absolute atomic E-state index is 0.266. The Morgan fingerprint density at radius 1 is 1.11 bits per heavy atom. The number of aromatic nitrogens is 2. The van der Waals surface area contributed by atoms with Crippen LogP contribution in [0.5, 0.6) is 5.75 Å². The van der Waals surface area contributed by atoms with Gasteiger partial charge >= 0.3 is 5.63 Å². The fraction of sp³-hybridized carbons (Fsp3) is 0.227. The topological polar surface area (TPSA) is 78.4 Å². The predicted octanol–water partition coefficient (Wildman–Crippen LogP) is 4.85. The van der Waals surface area contributed by atoms with Gasteiger partial charge in [0.15, 0.2) is 0 Å². The van der Waals surface area contributed by atoms with Gasteiger partial charge in [-0.3, -0.25) is 0 Å². The first-order chi connectivity index (χ1) is 13.5. The van der Waals surface area contributed by atoms with Gasteiger partial charge in [0.25, 0.3) is 0 Å². The second-order valence-electron chi connectivity index (χ2n) is 7.01. The van der Waals surface area contributed by atoms with Crippen LogP contribution >= 0.6 is 0 Å². The van der Waals surface area contributed by atoms with E-state index in [1.165, 1.54) is 18.0 Å². The summed E-state index contributed by atoms with van der Waals surface area (Å²) >= 11 is 0. The van der Waals surface area contributed by atoms with Gasteiger partial charge in [-0.25, -0.2) is 4.79 Å². The molecule has 2 aromatic heterocycles. The quantitative estimate of drug-likeness (QED) is 0.463. The van der Waals surface area contributed by atoms with Crippen LogP contribution < -0.4 is 10.4 Å². The summed E-state index contributed by atoms with van der Waals surface area (Å²) in [4.78, 5) is 12.0. The molecule has 0 spiro atoms. The molecular formula is C22H20N2O4. The Hall–Kier alpha value is -3.41. The molecule has 0 N–H and O–H groups in total. The van der Waals surface area contributed by atoms with E-state index in [2.05, 4.69) is 30.1 Å². The van der Waals surface area contributed by atoms with Crippen molar-refractivity contribution in [2.24, 2.45) is 0 Å². The number of nitrogens with zero attached hydrogens (tertiary/aromatic N) is 2. The highest BCUT2D eigenvalue weighted by Crippen LogP contribution is 2.28. The summed E-state index contributed by atoms with van der Waals surface area (Å²) in [5, 5.41) is 8.45. The molecule has 4 rings (SSSR count). The van der Waals surface area contributed by atoms with Crippen LogP contribution in [0.1, 0.15) is 36.5 Å². The van der Waals surface area contributed by atoms with E-state index >= 15 is 0 Å². The molecule has 2 aromatic carbocycles. The van der Waals surface area contributed by atoms with Crippen LogP contribution in [0.4, 0.5) is 0 Å². The van der Waals surface area contributed by atoms with Gasteiger partial charge in [0.2, 0.25) is 12.3 Å². The van der Waals surface area contributed by atoms with Crippen molar-refractivity contribution in [1.82, 2.24) is 10.2 Å². The largest absolute Gasteiger partial charge is 0.489 e. The van der Waals surface area contributed by atoms with Gasteiger partial charge in [0.05, 0.1) is 0 Å². The van der Waals surface area contributed by atoms with E-state index in [0.29, 0.717) is 23.1 Å². The lowest BCUT2D eigenvalue weighted by molar-refractivity contribution is 0.306. The summed E-state index contributed by atoms with van der Waals surface area (Å²) in [6.45, 7) is 6.59. The lowest BCUT2D eigenvalue weighted by atomic mass is 9.95. The Morgan fingerprint density at radius 2 is 1.89 bits per heavy atom. The Balaban J connectivity index is 1.62. The van der Waals surface area contributed by atoms with E-state index in [4.69, 9.17) is 13.6 Å². The number of hydrogen-bond donors (Lipinski definition) is 0. The smallest absolute Gasteiger partial charge is 0.336 e. The number of aryl methyl sites for hydroxylation is 1. The Bertz CT molecular complexity index is 1160. The highest BCUT2D eigenvalue weighted by molar-refractivity contribution is 5.82. The van der Waals surface area contributed by atoms with Crippen molar-refractivity contribution in [2.45, 2.75) is 33.3 Å². The molecule has 0 fully saturated rings. The van der Waals surface area contributed by atoms with Crippen molar-refractivity contribution in [1.29, 1.82) is 0 Å². The number of fused-ring (bicyclic) bond motifs is 1. The Morgan fingerprint density at radius 3 is 2.57 bits per heavy atom. The van der Waals surface area contributed by atoms with Crippen LogP contribution in [0.2, 0.25) is 0 Å². The third-order valence-electron chi connectivity index (χ3n) is 4.69. The molecular weight excluding hydrogens is 356 g/mol. The average Bonchev–Trinajstić information content (AvgIpc) is 3.20. The molecule has 142 valence electrons. The van der Waals surface area contributed by atoms with Gasteiger partial charge in [-0.15, -0.1) is 10.2 Å². The van der Waals surface area contributed by atoms with Crippen LogP contribution in [0.15, 0.2) is 62.5 Å². The van der Waals surface area contributed by atoms with Gasteiger partial charge in [-0.05, 0) is 60.4 Å². The number of hydrogen-bond acceptors (Lipinski definition) is 6. The van der Waals surface area contributed by atoms with Crippen molar-refractivity contribution in [3.63, 3.8) is 0 Å². The molecule has 0 aliphatic carbocycles. The summed E-state index contributed by atoms with van der Waals surface area (Å²) in [6.07, 6.45) is 1.29. The summed E-state index contributed by atoms with van der Waals surface area (Å²) in [6, 6.07) is 12.9. The SMILES string of the molecule is Cc1cc2oc(=O)cc(COc3ccc(-c4nnco4)cc3)c2cc1C(C)C. The lowest BCUT2D eigenvalue weighted by Crippen LogP contribution is -2.05. The van der Waals surface area contributed by atoms with E-state index in [-0.39, 0.29) is 12.2 Å². The number of benzene rings is 2. The highest BCUT2D eigenvalue weighted by Gasteiger charge is 2.12. The maximum Gasteiger partial charge on any atom is 0.336 e. The lowest BCUT2D eigenvalue weighted by Gasteiger charge is -2.13. The van der Waals surface area contributed by atoms with Crippen molar-refractivity contribution in [3.8, 4) is 17.2 Å². The third kappa shape index (κ3) is 3.53. The zero-order chi connectivity index (χ0) is 19.7. The fourth-order valence-corrected chi connectivity index (χ4v) is 3.29. The molecule has 0 bridgehead atoms. The monoisotopic (exact) mass is 376 g/mol. The third-order valence-corrected chi connectivity index (χ3v) is 4.69. The van der Waals surface area contributed by atoms with E-state index in [9.17, 15) is 4.79 Å². The molecule has 6 nitrogen and oxygen atoms in total. The number of ether oxygens (including phenoxy) is 1. The first kappa shape index (κ1) is 18.0. The van der Waals surface area contributed by atoms with Crippen LogP contribution in [0, 0.1) is 6.92 Å². The zero-order valence-electron chi connectivity index (χ0n) is 15.9. The van der Waals surface area contributed by atoms with Crippen molar-refractivity contribution >= 4 is 11.0 Å². The molecule has 0 saturated carbocycles. The van der Waals surface area contributed by atoms with E-state index < -0.39 is 0 Å². The standard InChI is InChI=1S/C22H20N2O4/c1-13(2)18-10-19-16(9-21(25)28-20(19)8-14(18)3)11-26-17-6-4-15(5-7-17)22-24-23-12-27-22/h4-10,12-13H,11H2,1-3H3. The predicted molar refractivity (Wildman–Crippen MR) is 105 cm³/mol. The molecule has 4 aromatic rings. The zero-order valence-corrected chi connectivity index (χ0v) is 15.9. The van der Waals surface area contributed by atoms with E-state index in [1.54, 1.807) is 0 Å². The molecule has 0 radical (unpaired) electrons. The van der Waals surface area contributed by atoms with Gasteiger partial charge in [0, 0.05) is 22.6 Å². The summed E-state index contributed by atoms with van der Waals surface area (Å²) in [5.41, 5.74) is 4.16. The van der Waals surface area contributed by atoms with Crippen LogP contribution in [0.3, 0.4) is 0 Å². The molecule has 6 heteroatoms. The van der Waals surface area contributed by atoms with E-state index in [1.807, 2.05) is 37.3 Å². The second-order valence-corrected chi connectivity index (χ2v) is 7.01. The van der Waals surface area contributed by atoms with Gasteiger partial charge in [0.1, 0.15) is 17.9 Å². The van der Waals surface area contributed by atoms with Crippen LogP contribution in [-0.2, 0) is 6.61 Å². The first-order valence-electron chi connectivity index (χ1n) is 9.08. The number of rotatable bonds is 5. The maximum atomic E-state index is 12.0. The van der Waals surface area contributed by atoms with Gasteiger partial charge in [-0.1, -0.05) is 13.8 Å². The molecule has 0 amide bonds. The second kappa shape index (κ2) is 7.31. The minimum atomic E-state index is -0.380. The summed E-state index contributed by atoms with van der Waals surface area (Å²) < 4.78 is 16.5. The molecule has 0 unspecified atom stereocenters. The van der Waals surface area contributed by atoms with Gasteiger partial charge in [-0.2, -0.15) is 0 Å². The molecule has 0 atom stereocenters. The highest BCUT2D eigenvalue weighted by atomic mass is 16.5. The van der Waals surface area contributed by atoms with Crippen molar-refractivity contribution < 1.29 is 13.6 Å². The van der Waals surface area contributed by atoms with Crippen LogP contribution in [-0.4, -0.2) is 10.2 Å². The fourth-order valence-electron chi connectivity index (χ4n) is 3.29. The molecule has 28 heavy (non-hydrogen) atoms. The molecule has 2 heterocycles. The van der Waals surface area contributed by atoms with Crippen molar-refractivity contribution in [2.75, 3.05) is 0 Å². The average molecular weight is 376 g/mol. The summed E-state index contributed by atoms with van der Waals surface area (Å²) in [7, 11) is 0. The van der Waals surface area contributed by atoms with Gasteiger partial charge < -0.3 is 13.6 Å². The Kier molecular flexibility index (Phi) is 4.69.